The molecule has 0 fully saturated rings. The van der Waals surface area contributed by atoms with Crippen molar-refractivity contribution >= 4 is 11.6 Å². The second-order valence-electron chi connectivity index (χ2n) is 9.33. The first-order valence-corrected chi connectivity index (χ1v) is 12.0. The zero-order chi connectivity index (χ0) is 22.3. The van der Waals surface area contributed by atoms with Crippen molar-refractivity contribution in [2.75, 3.05) is 0 Å². The molecule has 2 heteroatoms. The van der Waals surface area contributed by atoms with Gasteiger partial charge in [-0.25, -0.2) is 0 Å². The Bertz CT molecular complexity index is 748. The van der Waals surface area contributed by atoms with Crippen molar-refractivity contribution in [2.24, 2.45) is 11.8 Å². The Hall–Kier alpha value is -1.96. The lowest BCUT2D eigenvalue weighted by molar-refractivity contribution is -0.113. The lowest BCUT2D eigenvalue weighted by atomic mass is 9.80. The van der Waals surface area contributed by atoms with Gasteiger partial charge >= 0.3 is 0 Å². The van der Waals surface area contributed by atoms with Gasteiger partial charge in [0.25, 0.3) is 0 Å². The van der Waals surface area contributed by atoms with Gasteiger partial charge in [-0.3, -0.25) is 9.59 Å². The average molecular weight is 409 g/mol. The van der Waals surface area contributed by atoms with Crippen molar-refractivity contribution < 1.29 is 9.59 Å². The molecule has 0 spiro atoms. The summed E-state index contributed by atoms with van der Waals surface area (Å²) in [4.78, 5) is 26.0. The van der Waals surface area contributed by atoms with Crippen LogP contribution in [0.5, 0.6) is 0 Å². The number of hydrogen-bond acceptors (Lipinski definition) is 2. The number of carbonyl (C=O) groups is 2. The molecule has 2 aliphatic rings. The Kier molecular flexibility index (Phi) is 9.27. The van der Waals surface area contributed by atoms with E-state index in [1.807, 2.05) is 0 Å². The molecule has 0 heterocycles. The van der Waals surface area contributed by atoms with E-state index in [-0.39, 0.29) is 23.4 Å². The smallest absolute Gasteiger partial charge is 0.185 e. The molecule has 164 valence electrons. The number of rotatable bonds is 10. The number of carbonyl (C=O) groups excluding carboxylic acids is 2. The Morgan fingerprint density at radius 1 is 0.600 bits per heavy atom. The summed E-state index contributed by atoms with van der Waals surface area (Å²) in [6, 6.07) is 0. The molecular weight excluding hydrogens is 368 g/mol. The van der Waals surface area contributed by atoms with Gasteiger partial charge < -0.3 is 0 Å². The SMILES string of the molecule is CCCCCC1=CC(=C2C=C(C(C)C)C(=O)C(C(C)C)=C2)C=C(CCCCC)C1=O. The Morgan fingerprint density at radius 3 is 1.37 bits per heavy atom. The van der Waals surface area contributed by atoms with E-state index in [0.717, 1.165) is 84.8 Å². The third-order valence-corrected chi connectivity index (χ3v) is 6.07. The summed E-state index contributed by atoms with van der Waals surface area (Å²) in [6.45, 7) is 12.7. The van der Waals surface area contributed by atoms with Gasteiger partial charge in [0.2, 0.25) is 0 Å². The first-order chi connectivity index (χ1) is 14.3. The molecule has 0 aliphatic heterocycles. The molecule has 0 saturated heterocycles. The maximum atomic E-state index is 13.1. The number of Topliss-reactive ketones (excluding diaryl/α,β-unsaturated/α-hetero) is 2. The van der Waals surface area contributed by atoms with Crippen LogP contribution in [-0.2, 0) is 9.59 Å². The third kappa shape index (κ3) is 6.03. The Balaban J connectivity index is 2.54. The van der Waals surface area contributed by atoms with E-state index in [0.29, 0.717) is 0 Å². The molecule has 0 N–H and O–H groups in total. The summed E-state index contributed by atoms with van der Waals surface area (Å²) in [7, 11) is 0. The van der Waals surface area contributed by atoms with Crippen molar-refractivity contribution in [3.05, 3.63) is 57.7 Å². The standard InChI is InChI=1S/C28H40O2/c1-7-9-11-13-21-15-23(16-22(27(21)29)14-12-10-8-2)24-17-25(19(3)4)28(30)26(18-24)20(5)6/h15-20H,7-14H2,1-6H3. The van der Waals surface area contributed by atoms with Gasteiger partial charge in [0.05, 0.1) is 0 Å². The maximum Gasteiger partial charge on any atom is 0.185 e. The molecule has 30 heavy (non-hydrogen) atoms. The van der Waals surface area contributed by atoms with E-state index >= 15 is 0 Å². The summed E-state index contributed by atoms with van der Waals surface area (Å²) in [6.07, 6.45) is 16.7. The second-order valence-corrected chi connectivity index (χ2v) is 9.33. The van der Waals surface area contributed by atoms with Crippen LogP contribution in [0.4, 0.5) is 0 Å². The highest BCUT2D eigenvalue weighted by atomic mass is 16.1. The van der Waals surface area contributed by atoms with Crippen LogP contribution in [0, 0.1) is 11.8 Å². The Labute approximate surface area is 183 Å². The minimum Gasteiger partial charge on any atom is -0.289 e. The van der Waals surface area contributed by atoms with Crippen molar-refractivity contribution in [3.8, 4) is 0 Å². The molecule has 0 aromatic rings. The molecule has 0 saturated carbocycles. The van der Waals surface area contributed by atoms with E-state index in [1.54, 1.807) is 0 Å². The van der Waals surface area contributed by atoms with E-state index < -0.39 is 0 Å². The van der Waals surface area contributed by atoms with Crippen molar-refractivity contribution in [1.82, 2.24) is 0 Å². The fourth-order valence-electron chi connectivity index (χ4n) is 4.12. The van der Waals surface area contributed by atoms with Crippen LogP contribution in [0.3, 0.4) is 0 Å². The zero-order valence-electron chi connectivity index (χ0n) is 19.9. The quantitative estimate of drug-likeness (QED) is 0.348. The zero-order valence-corrected chi connectivity index (χ0v) is 19.9. The monoisotopic (exact) mass is 408 g/mol. The maximum absolute atomic E-state index is 13.1. The van der Waals surface area contributed by atoms with E-state index in [2.05, 4.69) is 65.8 Å². The van der Waals surface area contributed by atoms with E-state index in [1.165, 1.54) is 0 Å². The van der Waals surface area contributed by atoms with Gasteiger partial charge in [-0.2, -0.15) is 0 Å². The lowest BCUT2D eigenvalue weighted by Gasteiger charge is -2.23. The minimum absolute atomic E-state index is 0.176. The third-order valence-electron chi connectivity index (χ3n) is 6.07. The second kappa shape index (κ2) is 11.4. The van der Waals surface area contributed by atoms with E-state index in [9.17, 15) is 9.59 Å². The Morgan fingerprint density at radius 2 is 1.00 bits per heavy atom. The van der Waals surface area contributed by atoms with Crippen LogP contribution < -0.4 is 0 Å². The molecule has 0 atom stereocenters. The highest BCUT2D eigenvalue weighted by Crippen LogP contribution is 2.34. The van der Waals surface area contributed by atoms with Gasteiger partial charge in [-0.05, 0) is 73.0 Å². The van der Waals surface area contributed by atoms with Gasteiger partial charge in [0.1, 0.15) is 0 Å². The van der Waals surface area contributed by atoms with Gasteiger partial charge in [0.15, 0.2) is 11.6 Å². The van der Waals surface area contributed by atoms with Crippen molar-refractivity contribution in [2.45, 2.75) is 92.9 Å². The van der Waals surface area contributed by atoms with Crippen LogP contribution in [0.1, 0.15) is 92.9 Å². The van der Waals surface area contributed by atoms with Crippen molar-refractivity contribution in [3.63, 3.8) is 0 Å². The molecule has 0 aromatic carbocycles. The molecule has 2 aliphatic carbocycles. The topological polar surface area (TPSA) is 34.1 Å². The van der Waals surface area contributed by atoms with Gasteiger partial charge in [-0.1, -0.05) is 67.2 Å². The number of ketones is 2. The first kappa shape index (κ1) is 24.3. The first-order valence-electron chi connectivity index (χ1n) is 12.0. The summed E-state index contributed by atoms with van der Waals surface area (Å²) in [5, 5.41) is 0. The summed E-state index contributed by atoms with van der Waals surface area (Å²) in [5.41, 5.74) is 5.81. The molecule has 2 rings (SSSR count). The lowest BCUT2D eigenvalue weighted by Crippen LogP contribution is -2.19. The fourth-order valence-corrected chi connectivity index (χ4v) is 4.12. The summed E-state index contributed by atoms with van der Waals surface area (Å²) < 4.78 is 0. The molecule has 0 bridgehead atoms. The van der Waals surface area contributed by atoms with Crippen molar-refractivity contribution in [1.29, 1.82) is 0 Å². The highest BCUT2D eigenvalue weighted by molar-refractivity contribution is 6.12. The predicted molar refractivity (Wildman–Crippen MR) is 127 cm³/mol. The number of hydrogen-bond donors (Lipinski definition) is 0. The molecule has 0 radical (unpaired) electrons. The molecule has 0 unspecified atom stereocenters. The summed E-state index contributed by atoms with van der Waals surface area (Å²) in [5.74, 6) is 0.777. The van der Waals surface area contributed by atoms with Crippen LogP contribution >= 0.6 is 0 Å². The van der Waals surface area contributed by atoms with Crippen LogP contribution in [0.15, 0.2) is 57.7 Å². The van der Waals surface area contributed by atoms with Gasteiger partial charge in [-0.15, -0.1) is 0 Å². The summed E-state index contributed by atoms with van der Waals surface area (Å²) >= 11 is 0. The average Bonchev–Trinajstić information content (AvgIpc) is 2.70. The van der Waals surface area contributed by atoms with Gasteiger partial charge in [0, 0.05) is 22.3 Å². The van der Waals surface area contributed by atoms with Crippen LogP contribution in [0.25, 0.3) is 0 Å². The normalized spacial score (nSPS) is 17.5. The van der Waals surface area contributed by atoms with E-state index in [4.69, 9.17) is 0 Å². The predicted octanol–water partition coefficient (Wildman–Crippen LogP) is 7.63. The molecule has 0 aromatic heterocycles. The van der Waals surface area contributed by atoms with Crippen LogP contribution in [0.2, 0.25) is 0 Å². The number of unbranched alkanes of at least 4 members (excludes halogenated alkanes) is 4. The van der Waals surface area contributed by atoms with Crippen LogP contribution in [-0.4, -0.2) is 11.6 Å². The fraction of sp³-hybridized carbons (Fsp3) is 0.571. The number of allylic oxidation sites excluding steroid dienone is 10. The minimum atomic E-state index is 0.176. The highest BCUT2D eigenvalue weighted by Gasteiger charge is 2.26. The molecular formula is C28H40O2. The molecule has 2 nitrogen and oxygen atoms in total. The largest absolute Gasteiger partial charge is 0.289 e. The molecule has 0 amide bonds.